The number of nitrogens with two attached hydrogens (primary N) is 1. The highest BCUT2D eigenvalue weighted by Crippen LogP contribution is 2.35. The van der Waals surface area contributed by atoms with Crippen molar-refractivity contribution in [2.45, 2.75) is 6.10 Å². The van der Waals surface area contributed by atoms with Gasteiger partial charge in [0.25, 0.3) is 5.91 Å². The summed E-state index contributed by atoms with van der Waals surface area (Å²) in [5.74, 6) is 0.249. The van der Waals surface area contributed by atoms with Gasteiger partial charge >= 0.3 is 0 Å². The maximum absolute atomic E-state index is 13.3. The highest BCUT2D eigenvalue weighted by molar-refractivity contribution is 7.22. The van der Waals surface area contributed by atoms with E-state index in [1.54, 1.807) is 0 Å². The minimum absolute atomic E-state index is 0.00494. The zero-order valence-electron chi connectivity index (χ0n) is 16.7. The van der Waals surface area contributed by atoms with Gasteiger partial charge in [-0.05, 0) is 30.3 Å². The average Bonchev–Trinajstić information content (AvgIpc) is 3.42. The van der Waals surface area contributed by atoms with Crippen molar-refractivity contribution in [3.8, 4) is 5.75 Å². The molecule has 0 radical (unpaired) electrons. The lowest BCUT2D eigenvalue weighted by Gasteiger charge is -2.19. The number of carbonyl (C=O) groups excluding carboxylic acids is 1. The Morgan fingerprint density at radius 2 is 1.72 bits per heavy atom. The Morgan fingerprint density at radius 3 is 2.50 bits per heavy atom. The smallest absolute Gasteiger partial charge is 0.271 e. The minimum atomic E-state index is -0.880. The summed E-state index contributed by atoms with van der Waals surface area (Å²) in [5, 5.41) is 12.0. The van der Waals surface area contributed by atoms with Crippen LogP contribution >= 0.6 is 22.7 Å². The van der Waals surface area contributed by atoms with E-state index in [4.69, 9.17) is 15.9 Å². The van der Waals surface area contributed by atoms with Crippen LogP contribution in [0.4, 0.5) is 5.13 Å². The molecular formula is C24H18N4O2S2. The summed E-state index contributed by atoms with van der Waals surface area (Å²) in [6.45, 7) is 0. The fourth-order valence-electron chi connectivity index (χ4n) is 3.39. The number of nitrogens with zero attached hydrogens (tertiary/aromatic N) is 1. The zero-order valence-corrected chi connectivity index (χ0v) is 18.4. The first kappa shape index (κ1) is 20.2. The maximum atomic E-state index is 13.3. The molecule has 0 spiro atoms. The molecule has 0 saturated heterocycles. The van der Waals surface area contributed by atoms with Crippen LogP contribution in [0.25, 0.3) is 20.3 Å². The number of nitrogens with one attached hydrogen (secondary N) is 2. The van der Waals surface area contributed by atoms with Gasteiger partial charge in [0.1, 0.15) is 11.6 Å². The van der Waals surface area contributed by atoms with Crippen LogP contribution in [0.2, 0.25) is 0 Å². The number of fused-ring (bicyclic) bond motifs is 2. The summed E-state index contributed by atoms with van der Waals surface area (Å²) in [6, 6.07) is 24.5. The van der Waals surface area contributed by atoms with Gasteiger partial charge in [0.05, 0.1) is 15.1 Å². The Hall–Kier alpha value is -3.75. The Labute approximate surface area is 191 Å². The summed E-state index contributed by atoms with van der Waals surface area (Å²) in [6.07, 6.45) is -0.880. The van der Waals surface area contributed by atoms with Gasteiger partial charge in [0.2, 0.25) is 6.10 Å². The second-order valence-electron chi connectivity index (χ2n) is 7.08. The number of amidine groups is 1. The molecule has 5 rings (SSSR count). The molecule has 8 heteroatoms. The third kappa shape index (κ3) is 3.93. The lowest BCUT2D eigenvalue weighted by atomic mass is 10.1. The van der Waals surface area contributed by atoms with Crippen molar-refractivity contribution >= 4 is 59.9 Å². The van der Waals surface area contributed by atoms with Gasteiger partial charge in [0.15, 0.2) is 5.13 Å². The lowest BCUT2D eigenvalue weighted by Crippen LogP contribution is -2.25. The molecule has 5 aromatic rings. The monoisotopic (exact) mass is 458 g/mol. The fourth-order valence-corrected chi connectivity index (χ4v) is 5.20. The Bertz CT molecular complexity index is 1410. The number of benzene rings is 3. The number of hydrogen-bond acceptors (Lipinski definition) is 6. The van der Waals surface area contributed by atoms with E-state index in [1.807, 2.05) is 78.9 Å². The van der Waals surface area contributed by atoms with E-state index in [0.717, 1.165) is 25.9 Å². The first-order chi connectivity index (χ1) is 15.6. The second-order valence-corrected chi connectivity index (χ2v) is 9.19. The highest BCUT2D eigenvalue weighted by Gasteiger charge is 2.25. The van der Waals surface area contributed by atoms with E-state index in [0.29, 0.717) is 15.8 Å². The van der Waals surface area contributed by atoms with Crippen LogP contribution in [0.3, 0.4) is 0 Å². The third-order valence-electron chi connectivity index (χ3n) is 4.90. The standard InChI is InChI=1S/C24H18N4O2S2/c25-22(26)20-13-15-17(10-6-12-18(15)31-20)30-21(14-7-2-1-3-8-14)23(29)28-24-27-16-9-4-5-11-19(16)32-24/h1-13,21H,(H3,25,26)(H,27,28,29). The molecule has 2 heterocycles. The van der Waals surface area contributed by atoms with Crippen LogP contribution < -0.4 is 15.8 Å². The predicted octanol–water partition coefficient (Wildman–Crippen LogP) is 5.55. The summed E-state index contributed by atoms with van der Waals surface area (Å²) in [4.78, 5) is 18.5. The molecule has 0 aliphatic carbocycles. The molecule has 0 aliphatic rings. The molecule has 0 bridgehead atoms. The topological polar surface area (TPSA) is 101 Å². The molecule has 1 unspecified atom stereocenters. The Morgan fingerprint density at radius 1 is 0.969 bits per heavy atom. The quantitative estimate of drug-likeness (QED) is 0.229. The van der Waals surface area contributed by atoms with Gasteiger partial charge in [-0.2, -0.15) is 0 Å². The van der Waals surface area contributed by atoms with Crippen LogP contribution in [-0.2, 0) is 4.79 Å². The number of para-hydroxylation sites is 1. The molecule has 2 aromatic heterocycles. The van der Waals surface area contributed by atoms with Crippen LogP contribution in [0.1, 0.15) is 16.5 Å². The predicted molar refractivity (Wildman–Crippen MR) is 131 cm³/mol. The minimum Gasteiger partial charge on any atom is -0.475 e. The largest absolute Gasteiger partial charge is 0.475 e. The van der Waals surface area contributed by atoms with Crippen molar-refractivity contribution in [3.05, 3.63) is 89.3 Å². The van der Waals surface area contributed by atoms with Gasteiger partial charge < -0.3 is 10.5 Å². The fraction of sp³-hybridized carbons (Fsp3) is 0.0417. The number of rotatable bonds is 6. The number of thiophene rings is 1. The summed E-state index contributed by atoms with van der Waals surface area (Å²) in [7, 11) is 0. The number of ether oxygens (including phenoxy) is 1. The van der Waals surface area contributed by atoms with E-state index in [9.17, 15) is 4.79 Å². The van der Waals surface area contributed by atoms with Crippen molar-refractivity contribution in [1.29, 1.82) is 5.41 Å². The first-order valence-corrected chi connectivity index (χ1v) is 11.5. The van der Waals surface area contributed by atoms with Crippen molar-refractivity contribution in [3.63, 3.8) is 0 Å². The van der Waals surface area contributed by atoms with Gasteiger partial charge in [0, 0.05) is 15.6 Å². The average molecular weight is 459 g/mol. The summed E-state index contributed by atoms with van der Waals surface area (Å²) >= 11 is 2.84. The SMILES string of the molecule is N=C(N)c1cc2c(OC(C(=O)Nc3nc4ccccc4s3)c3ccccc3)cccc2s1. The number of hydrogen-bond donors (Lipinski definition) is 3. The number of amides is 1. The summed E-state index contributed by atoms with van der Waals surface area (Å²) < 4.78 is 8.21. The lowest BCUT2D eigenvalue weighted by molar-refractivity contribution is -0.123. The molecule has 0 fully saturated rings. The zero-order chi connectivity index (χ0) is 22.1. The molecule has 1 atom stereocenters. The molecular weight excluding hydrogens is 440 g/mol. The van der Waals surface area contributed by atoms with E-state index in [-0.39, 0.29) is 11.7 Å². The maximum Gasteiger partial charge on any atom is 0.271 e. The van der Waals surface area contributed by atoms with Crippen molar-refractivity contribution < 1.29 is 9.53 Å². The first-order valence-electron chi connectivity index (χ1n) is 9.83. The third-order valence-corrected chi connectivity index (χ3v) is 6.98. The second kappa shape index (κ2) is 8.41. The number of nitrogen functional groups attached to an aromatic ring is 1. The molecule has 1 amide bonds. The molecule has 0 saturated carbocycles. The molecule has 0 aliphatic heterocycles. The van der Waals surface area contributed by atoms with Crippen molar-refractivity contribution in [2.75, 3.05) is 5.32 Å². The Balaban J connectivity index is 1.49. The van der Waals surface area contributed by atoms with E-state index in [1.165, 1.54) is 22.7 Å². The van der Waals surface area contributed by atoms with E-state index >= 15 is 0 Å². The molecule has 158 valence electrons. The number of aromatic nitrogens is 1. The van der Waals surface area contributed by atoms with Crippen LogP contribution in [0, 0.1) is 5.41 Å². The van der Waals surface area contributed by atoms with Gasteiger partial charge in [-0.1, -0.05) is 59.9 Å². The van der Waals surface area contributed by atoms with Crippen molar-refractivity contribution in [1.82, 2.24) is 4.98 Å². The van der Waals surface area contributed by atoms with Crippen LogP contribution in [0.15, 0.2) is 78.9 Å². The summed E-state index contributed by atoms with van der Waals surface area (Å²) in [5.41, 5.74) is 7.23. The normalized spacial score (nSPS) is 12.0. The van der Waals surface area contributed by atoms with E-state index < -0.39 is 6.10 Å². The van der Waals surface area contributed by atoms with Crippen LogP contribution in [0.5, 0.6) is 5.75 Å². The molecule has 32 heavy (non-hydrogen) atoms. The molecule has 6 nitrogen and oxygen atoms in total. The number of thiazole rings is 1. The number of carbonyl (C=O) groups is 1. The Kier molecular flexibility index (Phi) is 5.30. The molecule has 3 aromatic carbocycles. The van der Waals surface area contributed by atoms with Gasteiger partial charge in [-0.3, -0.25) is 15.5 Å². The molecule has 4 N–H and O–H groups in total. The highest BCUT2D eigenvalue weighted by atomic mass is 32.1. The van der Waals surface area contributed by atoms with Gasteiger partial charge in [-0.15, -0.1) is 11.3 Å². The van der Waals surface area contributed by atoms with Crippen LogP contribution in [-0.4, -0.2) is 16.7 Å². The van der Waals surface area contributed by atoms with Gasteiger partial charge in [-0.25, -0.2) is 4.98 Å². The van der Waals surface area contributed by atoms with Crippen molar-refractivity contribution in [2.24, 2.45) is 5.73 Å². The van der Waals surface area contributed by atoms with E-state index in [2.05, 4.69) is 10.3 Å². The number of anilines is 1.